The molecule has 7 heteroatoms. The first-order valence-electron chi connectivity index (χ1n) is 11.0. The monoisotopic (exact) mass is 442 g/mol. The molecule has 0 saturated carbocycles. The molecule has 2 saturated heterocycles. The van der Waals surface area contributed by atoms with Gasteiger partial charge in [-0.05, 0) is 73.6 Å². The summed E-state index contributed by atoms with van der Waals surface area (Å²) in [6, 6.07) is 14.3. The van der Waals surface area contributed by atoms with Crippen LogP contribution in [0.15, 0.2) is 53.4 Å². The molecule has 2 aromatic carbocycles. The lowest BCUT2D eigenvalue weighted by Crippen LogP contribution is -2.37. The van der Waals surface area contributed by atoms with Crippen LogP contribution in [0.5, 0.6) is 5.75 Å². The number of ether oxygens (including phenoxy) is 1. The lowest BCUT2D eigenvalue weighted by atomic mass is 10.0. The van der Waals surface area contributed by atoms with E-state index in [2.05, 4.69) is 6.92 Å². The van der Waals surface area contributed by atoms with Crippen molar-refractivity contribution >= 4 is 15.9 Å². The summed E-state index contributed by atoms with van der Waals surface area (Å²) in [5, 5.41) is 0. The minimum absolute atomic E-state index is 0.00125. The number of hydrogen-bond donors (Lipinski definition) is 0. The highest BCUT2D eigenvalue weighted by atomic mass is 32.2. The average molecular weight is 443 g/mol. The van der Waals surface area contributed by atoms with Gasteiger partial charge in [0.1, 0.15) is 5.75 Å². The highest BCUT2D eigenvalue weighted by Gasteiger charge is 2.32. The van der Waals surface area contributed by atoms with Gasteiger partial charge in [-0.3, -0.25) is 4.79 Å². The number of amides is 1. The first-order chi connectivity index (χ1) is 14.9. The number of piperidine rings is 1. The van der Waals surface area contributed by atoms with Crippen LogP contribution in [0.1, 0.15) is 54.6 Å². The molecule has 2 fully saturated rings. The van der Waals surface area contributed by atoms with Crippen LogP contribution in [0.3, 0.4) is 0 Å². The number of likely N-dealkylation sites (tertiary alicyclic amines) is 1. The third kappa shape index (κ3) is 4.48. The van der Waals surface area contributed by atoms with Gasteiger partial charge in [-0.2, -0.15) is 4.31 Å². The van der Waals surface area contributed by atoms with Crippen LogP contribution in [0.4, 0.5) is 0 Å². The van der Waals surface area contributed by atoms with Crippen LogP contribution < -0.4 is 4.74 Å². The molecule has 0 aromatic heterocycles. The lowest BCUT2D eigenvalue weighted by Gasteiger charge is -2.29. The fourth-order valence-corrected chi connectivity index (χ4v) is 5.98. The van der Waals surface area contributed by atoms with E-state index in [0.29, 0.717) is 31.1 Å². The molecule has 0 spiro atoms. The minimum atomic E-state index is -3.51. The van der Waals surface area contributed by atoms with Crippen molar-refractivity contribution in [2.45, 2.75) is 43.5 Å². The zero-order valence-electron chi connectivity index (χ0n) is 18.2. The Morgan fingerprint density at radius 1 is 1.00 bits per heavy atom. The van der Waals surface area contributed by atoms with Crippen molar-refractivity contribution in [2.75, 3.05) is 26.7 Å². The maximum Gasteiger partial charge on any atom is 0.254 e. The zero-order valence-corrected chi connectivity index (χ0v) is 19.0. The standard InChI is InChI=1S/C24H30N2O4S/c1-18-12-15-25(16-13-18)31(28,29)22-10-8-19(9-11-22)24(27)26-14-4-7-23(26)20-5-3-6-21(17-20)30-2/h3,5-6,8-11,17-18,23H,4,7,12-16H2,1-2H3. The minimum Gasteiger partial charge on any atom is -0.497 e. The van der Waals surface area contributed by atoms with Gasteiger partial charge in [0.25, 0.3) is 5.91 Å². The molecule has 166 valence electrons. The molecule has 2 heterocycles. The van der Waals surface area contributed by atoms with E-state index in [1.807, 2.05) is 29.2 Å². The molecule has 4 rings (SSSR count). The summed E-state index contributed by atoms with van der Waals surface area (Å²) in [5.41, 5.74) is 1.57. The Morgan fingerprint density at radius 2 is 1.71 bits per heavy atom. The summed E-state index contributed by atoms with van der Waals surface area (Å²) in [4.78, 5) is 15.4. The summed E-state index contributed by atoms with van der Waals surface area (Å²) < 4.78 is 32.8. The second kappa shape index (κ2) is 9.01. The van der Waals surface area contributed by atoms with Gasteiger partial charge in [0.2, 0.25) is 10.0 Å². The number of rotatable bonds is 5. The highest BCUT2D eigenvalue weighted by Crippen LogP contribution is 2.34. The smallest absolute Gasteiger partial charge is 0.254 e. The summed E-state index contributed by atoms with van der Waals surface area (Å²) in [5.74, 6) is 1.27. The number of benzene rings is 2. The van der Waals surface area contributed by atoms with E-state index in [9.17, 15) is 13.2 Å². The van der Waals surface area contributed by atoms with Gasteiger partial charge >= 0.3 is 0 Å². The maximum atomic E-state index is 13.2. The van der Waals surface area contributed by atoms with Gasteiger partial charge in [-0.15, -0.1) is 0 Å². The summed E-state index contributed by atoms with van der Waals surface area (Å²) in [6.45, 7) is 3.95. The van der Waals surface area contributed by atoms with Gasteiger partial charge in [0, 0.05) is 25.2 Å². The van der Waals surface area contributed by atoms with E-state index in [1.54, 1.807) is 35.7 Å². The molecule has 2 aliphatic heterocycles. The first kappa shape index (κ1) is 21.8. The molecule has 1 unspecified atom stereocenters. The molecule has 2 aromatic rings. The zero-order chi connectivity index (χ0) is 22.0. The van der Waals surface area contributed by atoms with E-state index >= 15 is 0 Å². The second-order valence-electron chi connectivity index (χ2n) is 8.54. The fraction of sp³-hybridized carbons (Fsp3) is 0.458. The predicted octanol–water partition coefficient (Wildman–Crippen LogP) is 4.09. The Bertz CT molecular complexity index is 1030. The topological polar surface area (TPSA) is 66.9 Å². The largest absolute Gasteiger partial charge is 0.497 e. The fourth-order valence-electron chi connectivity index (χ4n) is 4.51. The van der Waals surface area contributed by atoms with Crippen molar-refractivity contribution in [3.8, 4) is 5.75 Å². The van der Waals surface area contributed by atoms with Gasteiger partial charge < -0.3 is 9.64 Å². The molecule has 0 aliphatic carbocycles. The van der Waals surface area contributed by atoms with Crippen LogP contribution >= 0.6 is 0 Å². The van der Waals surface area contributed by atoms with Crippen LogP contribution in [-0.4, -0.2) is 50.3 Å². The van der Waals surface area contributed by atoms with Crippen molar-refractivity contribution < 1.29 is 17.9 Å². The Labute approximate surface area is 184 Å². The van der Waals surface area contributed by atoms with Crippen molar-refractivity contribution in [2.24, 2.45) is 5.92 Å². The SMILES string of the molecule is COc1cccc(C2CCCN2C(=O)c2ccc(S(=O)(=O)N3CCC(C)CC3)cc2)c1. The molecular weight excluding hydrogens is 412 g/mol. The molecule has 1 amide bonds. The average Bonchev–Trinajstić information content (AvgIpc) is 3.29. The molecule has 0 radical (unpaired) electrons. The third-order valence-corrected chi connectivity index (χ3v) is 8.39. The lowest BCUT2D eigenvalue weighted by molar-refractivity contribution is 0.0735. The Balaban J connectivity index is 1.51. The molecule has 6 nitrogen and oxygen atoms in total. The normalized spacial score (nSPS) is 20.7. The van der Waals surface area contributed by atoms with Crippen LogP contribution in [0.25, 0.3) is 0 Å². The Kier molecular flexibility index (Phi) is 6.34. The summed E-state index contributed by atoms with van der Waals surface area (Å²) >= 11 is 0. The van der Waals surface area contributed by atoms with Gasteiger partial charge in [0.05, 0.1) is 18.0 Å². The molecule has 31 heavy (non-hydrogen) atoms. The third-order valence-electron chi connectivity index (χ3n) is 6.47. The second-order valence-corrected chi connectivity index (χ2v) is 10.5. The summed E-state index contributed by atoms with van der Waals surface area (Å²) in [7, 11) is -1.88. The van der Waals surface area contributed by atoms with Gasteiger partial charge in [0.15, 0.2) is 0 Å². The molecule has 0 bridgehead atoms. The summed E-state index contributed by atoms with van der Waals surface area (Å²) in [6.07, 6.45) is 3.61. The predicted molar refractivity (Wildman–Crippen MR) is 120 cm³/mol. The van der Waals surface area contributed by atoms with Crippen molar-refractivity contribution in [3.63, 3.8) is 0 Å². The highest BCUT2D eigenvalue weighted by molar-refractivity contribution is 7.89. The van der Waals surface area contributed by atoms with E-state index in [4.69, 9.17) is 4.74 Å². The molecule has 2 aliphatic rings. The number of sulfonamides is 1. The van der Waals surface area contributed by atoms with Crippen molar-refractivity contribution in [1.82, 2.24) is 9.21 Å². The number of carbonyl (C=O) groups is 1. The molecular formula is C24H30N2O4S. The number of methoxy groups -OCH3 is 1. The quantitative estimate of drug-likeness (QED) is 0.699. The van der Waals surface area contributed by atoms with Crippen LogP contribution in [0, 0.1) is 5.92 Å². The van der Waals surface area contributed by atoms with E-state index in [-0.39, 0.29) is 16.8 Å². The van der Waals surface area contributed by atoms with E-state index in [0.717, 1.165) is 37.0 Å². The van der Waals surface area contributed by atoms with Crippen molar-refractivity contribution in [1.29, 1.82) is 0 Å². The molecule has 0 N–H and O–H groups in total. The van der Waals surface area contributed by atoms with Gasteiger partial charge in [-0.25, -0.2) is 8.42 Å². The maximum absolute atomic E-state index is 13.2. The number of carbonyl (C=O) groups excluding carboxylic acids is 1. The number of hydrogen-bond acceptors (Lipinski definition) is 4. The van der Waals surface area contributed by atoms with E-state index in [1.165, 1.54) is 0 Å². The van der Waals surface area contributed by atoms with E-state index < -0.39 is 10.0 Å². The van der Waals surface area contributed by atoms with Crippen LogP contribution in [0.2, 0.25) is 0 Å². The van der Waals surface area contributed by atoms with Crippen molar-refractivity contribution in [3.05, 3.63) is 59.7 Å². The van der Waals surface area contributed by atoms with Gasteiger partial charge in [-0.1, -0.05) is 19.1 Å². The van der Waals surface area contributed by atoms with Crippen LogP contribution in [-0.2, 0) is 10.0 Å². The Morgan fingerprint density at radius 3 is 2.39 bits per heavy atom. The first-order valence-corrected chi connectivity index (χ1v) is 12.4. The molecule has 1 atom stereocenters. The Hall–Kier alpha value is -2.38. The number of nitrogens with zero attached hydrogens (tertiary/aromatic N) is 2.